The number of carbonyl (C=O) groups excluding carboxylic acids is 1. The maximum Gasteiger partial charge on any atom is 0.320 e. The molecule has 0 radical (unpaired) electrons. The van der Waals surface area contributed by atoms with Gasteiger partial charge in [0, 0.05) is 25.3 Å². The Morgan fingerprint density at radius 2 is 2.22 bits per heavy atom. The molecular weight excluding hydrogens is 232 g/mol. The summed E-state index contributed by atoms with van der Waals surface area (Å²) in [7, 11) is 1.79. The quantitative estimate of drug-likeness (QED) is 0.740. The number of aliphatic hydroxyl groups excluding tert-OH is 1. The van der Waals surface area contributed by atoms with Gasteiger partial charge in [-0.25, -0.2) is 4.79 Å². The van der Waals surface area contributed by atoms with Crippen molar-refractivity contribution in [2.24, 2.45) is 7.05 Å². The predicted octanol–water partition coefficient (Wildman–Crippen LogP) is 1.27. The Bertz CT molecular complexity index is 412. The normalized spacial score (nSPS) is 11.4. The molecule has 0 saturated heterocycles. The average molecular weight is 254 g/mol. The third-order valence-electron chi connectivity index (χ3n) is 2.72. The highest BCUT2D eigenvalue weighted by molar-refractivity contribution is 5.88. The fraction of sp³-hybridized carbons (Fsp3) is 0.667. The molecule has 1 aromatic heterocycles. The molecule has 6 heteroatoms. The molecule has 1 rings (SSSR count). The van der Waals surface area contributed by atoms with Crippen LogP contribution in [0.25, 0.3) is 0 Å². The molecule has 0 aliphatic carbocycles. The van der Waals surface area contributed by atoms with E-state index in [2.05, 4.69) is 15.7 Å². The van der Waals surface area contributed by atoms with E-state index in [4.69, 9.17) is 5.11 Å². The highest BCUT2D eigenvalue weighted by Gasteiger charge is 2.20. The minimum atomic E-state index is -0.439. The monoisotopic (exact) mass is 254 g/mol. The maximum absolute atomic E-state index is 11.8. The van der Waals surface area contributed by atoms with E-state index in [1.54, 1.807) is 11.7 Å². The van der Waals surface area contributed by atoms with Crippen molar-refractivity contribution < 1.29 is 9.90 Å². The number of carbonyl (C=O) groups is 1. The van der Waals surface area contributed by atoms with Crippen LogP contribution in [0.4, 0.5) is 10.6 Å². The van der Waals surface area contributed by atoms with Crippen molar-refractivity contribution in [2.75, 3.05) is 11.9 Å². The third kappa shape index (κ3) is 4.03. The van der Waals surface area contributed by atoms with Crippen molar-refractivity contribution in [3.63, 3.8) is 0 Å². The lowest BCUT2D eigenvalue weighted by Crippen LogP contribution is -2.46. The second-order valence-electron chi connectivity index (χ2n) is 4.93. The Balaban J connectivity index is 2.61. The highest BCUT2D eigenvalue weighted by Crippen LogP contribution is 2.11. The van der Waals surface area contributed by atoms with E-state index in [1.807, 2.05) is 26.8 Å². The lowest BCUT2D eigenvalue weighted by Gasteiger charge is -2.25. The summed E-state index contributed by atoms with van der Waals surface area (Å²) in [4.78, 5) is 11.8. The van der Waals surface area contributed by atoms with Gasteiger partial charge in [-0.05, 0) is 26.7 Å². The van der Waals surface area contributed by atoms with Crippen LogP contribution >= 0.6 is 0 Å². The van der Waals surface area contributed by atoms with Gasteiger partial charge in [-0.2, -0.15) is 5.10 Å². The molecule has 102 valence electrons. The van der Waals surface area contributed by atoms with Crippen LogP contribution in [-0.4, -0.2) is 33.1 Å². The van der Waals surface area contributed by atoms with Crippen LogP contribution in [0.3, 0.4) is 0 Å². The summed E-state index contributed by atoms with van der Waals surface area (Å²) < 4.78 is 1.64. The summed E-state index contributed by atoms with van der Waals surface area (Å²) in [5, 5.41) is 18.7. The molecule has 0 aliphatic rings. The van der Waals surface area contributed by atoms with E-state index in [9.17, 15) is 4.79 Å². The molecule has 0 aromatic carbocycles. The molecule has 0 fully saturated rings. The number of anilines is 1. The fourth-order valence-corrected chi connectivity index (χ4v) is 1.61. The van der Waals surface area contributed by atoms with Gasteiger partial charge in [-0.3, -0.25) is 10.00 Å². The van der Waals surface area contributed by atoms with E-state index in [1.165, 1.54) is 0 Å². The first kappa shape index (κ1) is 14.5. The topological polar surface area (TPSA) is 79.2 Å². The first-order valence-electron chi connectivity index (χ1n) is 6.11. The number of urea groups is 1. The standard InChI is InChI=1S/C12H22N4O2/c1-5-9-8-10(16(4)15-9)13-11(18)14-12(2,3)6-7-17/h8,17H,5-7H2,1-4H3,(H2,13,14,18). The summed E-state index contributed by atoms with van der Waals surface area (Å²) in [6.07, 6.45) is 1.33. The first-order chi connectivity index (χ1) is 8.38. The number of aliphatic hydroxyl groups is 1. The van der Waals surface area contributed by atoms with Gasteiger partial charge in [0.2, 0.25) is 0 Å². The van der Waals surface area contributed by atoms with E-state index < -0.39 is 5.54 Å². The summed E-state index contributed by atoms with van der Waals surface area (Å²) in [5.41, 5.74) is 0.493. The van der Waals surface area contributed by atoms with E-state index >= 15 is 0 Å². The first-order valence-corrected chi connectivity index (χ1v) is 6.11. The molecule has 0 aliphatic heterocycles. The number of rotatable bonds is 5. The molecule has 2 amide bonds. The van der Waals surface area contributed by atoms with Gasteiger partial charge in [0.1, 0.15) is 5.82 Å². The van der Waals surface area contributed by atoms with Crippen LogP contribution in [0.15, 0.2) is 6.07 Å². The minimum Gasteiger partial charge on any atom is -0.396 e. The molecule has 6 nitrogen and oxygen atoms in total. The molecule has 3 N–H and O–H groups in total. The Morgan fingerprint density at radius 3 is 2.72 bits per heavy atom. The van der Waals surface area contributed by atoms with Gasteiger partial charge in [0.05, 0.1) is 5.69 Å². The zero-order valence-corrected chi connectivity index (χ0v) is 11.4. The molecule has 1 heterocycles. The summed E-state index contributed by atoms with van der Waals surface area (Å²) in [6, 6.07) is 1.55. The van der Waals surface area contributed by atoms with Gasteiger partial charge in [0.15, 0.2) is 0 Å². The zero-order chi connectivity index (χ0) is 13.8. The van der Waals surface area contributed by atoms with E-state index in [-0.39, 0.29) is 12.6 Å². The Labute approximate surface area is 107 Å². The SMILES string of the molecule is CCc1cc(NC(=O)NC(C)(C)CCO)n(C)n1. The number of hydrogen-bond donors (Lipinski definition) is 3. The molecule has 0 bridgehead atoms. The molecule has 0 unspecified atom stereocenters. The molecule has 1 aromatic rings. The van der Waals surface area contributed by atoms with Crippen LogP contribution in [0.5, 0.6) is 0 Å². The van der Waals surface area contributed by atoms with Crippen molar-refractivity contribution in [1.82, 2.24) is 15.1 Å². The van der Waals surface area contributed by atoms with Gasteiger partial charge in [-0.15, -0.1) is 0 Å². The number of hydrogen-bond acceptors (Lipinski definition) is 3. The summed E-state index contributed by atoms with van der Waals surface area (Å²) in [6.45, 7) is 5.78. The maximum atomic E-state index is 11.8. The van der Waals surface area contributed by atoms with E-state index in [0.29, 0.717) is 12.2 Å². The second-order valence-corrected chi connectivity index (χ2v) is 4.93. The number of amides is 2. The van der Waals surface area contributed by atoms with Crippen molar-refractivity contribution in [3.05, 3.63) is 11.8 Å². The Kier molecular flexibility index (Phi) is 4.72. The van der Waals surface area contributed by atoms with Crippen LogP contribution in [0.1, 0.15) is 32.9 Å². The van der Waals surface area contributed by atoms with E-state index in [0.717, 1.165) is 12.1 Å². The molecule has 0 atom stereocenters. The van der Waals surface area contributed by atoms with Crippen molar-refractivity contribution in [2.45, 2.75) is 39.2 Å². The highest BCUT2D eigenvalue weighted by atomic mass is 16.3. The third-order valence-corrected chi connectivity index (χ3v) is 2.72. The molecular formula is C12H22N4O2. The number of aryl methyl sites for hydroxylation is 2. The Morgan fingerprint density at radius 1 is 1.56 bits per heavy atom. The fourth-order valence-electron chi connectivity index (χ4n) is 1.61. The molecule has 0 spiro atoms. The van der Waals surface area contributed by atoms with Crippen LogP contribution in [0.2, 0.25) is 0 Å². The Hall–Kier alpha value is -1.56. The second kappa shape index (κ2) is 5.86. The predicted molar refractivity (Wildman–Crippen MR) is 70.5 cm³/mol. The van der Waals surface area contributed by atoms with Crippen LogP contribution < -0.4 is 10.6 Å². The van der Waals surface area contributed by atoms with Crippen molar-refractivity contribution in [3.8, 4) is 0 Å². The average Bonchev–Trinajstić information content (AvgIpc) is 2.58. The zero-order valence-electron chi connectivity index (χ0n) is 11.4. The number of aromatic nitrogens is 2. The van der Waals surface area contributed by atoms with Crippen LogP contribution in [0, 0.1) is 0 Å². The van der Waals surface area contributed by atoms with Gasteiger partial charge < -0.3 is 10.4 Å². The van der Waals surface area contributed by atoms with Gasteiger partial charge in [0.25, 0.3) is 0 Å². The smallest absolute Gasteiger partial charge is 0.320 e. The largest absolute Gasteiger partial charge is 0.396 e. The summed E-state index contributed by atoms with van der Waals surface area (Å²) >= 11 is 0. The number of nitrogens with one attached hydrogen (secondary N) is 2. The van der Waals surface area contributed by atoms with Gasteiger partial charge >= 0.3 is 6.03 Å². The van der Waals surface area contributed by atoms with Crippen molar-refractivity contribution in [1.29, 1.82) is 0 Å². The van der Waals surface area contributed by atoms with Crippen LogP contribution in [-0.2, 0) is 13.5 Å². The summed E-state index contributed by atoms with van der Waals surface area (Å²) in [5.74, 6) is 0.657. The van der Waals surface area contributed by atoms with Gasteiger partial charge in [-0.1, -0.05) is 6.92 Å². The lowest BCUT2D eigenvalue weighted by atomic mass is 10.0. The minimum absolute atomic E-state index is 0.0406. The number of nitrogens with zero attached hydrogens (tertiary/aromatic N) is 2. The molecule has 18 heavy (non-hydrogen) atoms. The lowest BCUT2D eigenvalue weighted by molar-refractivity contribution is 0.218. The van der Waals surface area contributed by atoms with Crippen molar-refractivity contribution >= 4 is 11.8 Å². The molecule has 0 saturated carbocycles.